The Balaban J connectivity index is 1.79. The molecule has 8 nitrogen and oxygen atoms in total. The first kappa shape index (κ1) is 32.1. The Morgan fingerprint density at radius 3 is 2.02 bits per heavy atom. The number of benzene rings is 3. The van der Waals surface area contributed by atoms with Crippen LogP contribution in [0.25, 0.3) is 0 Å². The number of aliphatic hydroxyl groups is 1. The second-order valence-electron chi connectivity index (χ2n) is 11.1. The summed E-state index contributed by atoms with van der Waals surface area (Å²) in [6, 6.07) is 18.7. The number of hydrogen-bond donors (Lipinski definition) is 1. The molecule has 0 aliphatic carbocycles. The van der Waals surface area contributed by atoms with E-state index in [9.17, 15) is 23.1 Å². The predicted octanol–water partition coefficient (Wildman–Crippen LogP) is 5.78. The molecule has 220 valence electrons. The molecule has 0 bridgehead atoms. The minimum absolute atomic E-state index is 0.0186. The Bertz CT molecular complexity index is 1470. The van der Waals surface area contributed by atoms with Crippen molar-refractivity contribution in [1.29, 1.82) is 0 Å². The van der Waals surface area contributed by atoms with Crippen molar-refractivity contribution in [2.24, 2.45) is 0 Å². The summed E-state index contributed by atoms with van der Waals surface area (Å²) < 4.78 is 32.0. The second kappa shape index (κ2) is 13.1. The van der Waals surface area contributed by atoms with Crippen molar-refractivity contribution in [2.45, 2.75) is 61.7 Å². The van der Waals surface area contributed by atoms with Gasteiger partial charge in [0.05, 0.1) is 22.4 Å². The first-order valence-corrected chi connectivity index (χ1v) is 15.0. The monoisotopic (exact) mass is 600 g/mol. The maximum atomic E-state index is 13.2. The maximum Gasteiger partial charge on any atom is 0.410 e. The molecular formula is C31H37ClN2O6S. The molecule has 0 saturated heterocycles. The lowest BCUT2D eigenvalue weighted by Gasteiger charge is -2.33. The highest BCUT2D eigenvalue weighted by Crippen LogP contribution is 2.25. The summed E-state index contributed by atoms with van der Waals surface area (Å²) in [6.45, 7) is 7.14. The van der Waals surface area contributed by atoms with Crippen LogP contribution in [-0.4, -0.2) is 67.6 Å². The third-order valence-electron chi connectivity index (χ3n) is 6.35. The molecule has 0 saturated carbocycles. The summed E-state index contributed by atoms with van der Waals surface area (Å²) in [5, 5.41) is 11.4. The van der Waals surface area contributed by atoms with Gasteiger partial charge in [0.25, 0.3) is 5.91 Å². The van der Waals surface area contributed by atoms with Crippen molar-refractivity contribution >= 4 is 33.4 Å². The summed E-state index contributed by atoms with van der Waals surface area (Å²) in [5.74, 6) is -0.215. The highest BCUT2D eigenvalue weighted by atomic mass is 35.5. The molecule has 0 aliphatic rings. The Kier molecular flexibility index (Phi) is 10.2. The molecule has 0 unspecified atom stereocenters. The fraction of sp³-hybridized carbons (Fsp3) is 0.355. The van der Waals surface area contributed by atoms with Crippen LogP contribution in [0.2, 0.25) is 5.02 Å². The van der Waals surface area contributed by atoms with Gasteiger partial charge in [-0.15, -0.1) is 0 Å². The van der Waals surface area contributed by atoms with E-state index >= 15 is 0 Å². The third kappa shape index (κ3) is 8.55. The predicted molar refractivity (Wildman–Crippen MR) is 159 cm³/mol. The van der Waals surface area contributed by atoms with E-state index < -0.39 is 27.6 Å². The average molecular weight is 601 g/mol. The van der Waals surface area contributed by atoms with E-state index in [2.05, 4.69) is 0 Å². The van der Waals surface area contributed by atoms with Crippen LogP contribution in [0, 0.1) is 0 Å². The van der Waals surface area contributed by atoms with E-state index in [-0.39, 0.29) is 28.3 Å². The van der Waals surface area contributed by atoms with Gasteiger partial charge in [0.2, 0.25) is 9.84 Å². The number of carbonyl (C=O) groups excluding carboxylic acids is 2. The Morgan fingerprint density at radius 1 is 0.951 bits per heavy atom. The van der Waals surface area contributed by atoms with Crippen LogP contribution >= 0.6 is 11.6 Å². The number of nitrogens with zero attached hydrogens (tertiary/aromatic N) is 2. The van der Waals surface area contributed by atoms with Crippen LogP contribution < -0.4 is 0 Å². The van der Waals surface area contributed by atoms with Crippen LogP contribution in [-0.2, 0) is 21.0 Å². The van der Waals surface area contributed by atoms with Crippen LogP contribution in [0.5, 0.6) is 0 Å². The lowest BCUT2D eigenvalue weighted by atomic mass is 10.0. The van der Waals surface area contributed by atoms with Gasteiger partial charge in [-0.3, -0.25) is 4.79 Å². The first-order valence-electron chi connectivity index (χ1n) is 13.2. The number of halogens is 1. The fourth-order valence-electron chi connectivity index (χ4n) is 4.19. The van der Waals surface area contributed by atoms with E-state index in [1.807, 2.05) is 6.92 Å². The van der Waals surface area contributed by atoms with Crippen LogP contribution in [0.3, 0.4) is 0 Å². The smallest absolute Gasteiger partial charge is 0.410 e. The van der Waals surface area contributed by atoms with Crippen LogP contribution in [0.1, 0.15) is 55.3 Å². The normalized spacial score (nSPS) is 13.3. The third-order valence-corrected chi connectivity index (χ3v) is 8.37. The molecule has 0 aliphatic heterocycles. The fourth-order valence-corrected chi connectivity index (χ4v) is 5.65. The van der Waals surface area contributed by atoms with Gasteiger partial charge < -0.3 is 19.6 Å². The molecular weight excluding hydrogens is 564 g/mol. The standard InChI is InChI=1S/C31H37ClN2O6S/c1-21(34(30(37)40-31(2,3)4)20-28(35)24-8-7-9-25(32)19-24)18-22-10-14-26(15-11-22)41(38,39)27-16-12-23(13-17-27)29(36)33(5)6/h7-17,19,21,28,35H,18,20H2,1-6H3/t21-,28+/m1/s1. The van der Waals surface area contributed by atoms with Gasteiger partial charge in [0, 0.05) is 30.7 Å². The van der Waals surface area contributed by atoms with Gasteiger partial charge in [-0.2, -0.15) is 0 Å². The molecule has 2 atom stereocenters. The van der Waals surface area contributed by atoms with Gasteiger partial charge in [0.1, 0.15) is 5.60 Å². The molecule has 0 aromatic heterocycles. The highest BCUT2D eigenvalue weighted by molar-refractivity contribution is 7.91. The molecule has 3 aromatic carbocycles. The average Bonchev–Trinajstić information content (AvgIpc) is 2.90. The zero-order valence-electron chi connectivity index (χ0n) is 24.2. The minimum atomic E-state index is -3.80. The van der Waals surface area contributed by atoms with E-state index in [0.717, 1.165) is 5.56 Å². The molecule has 0 spiro atoms. The van der Waals surface area contributed by atoms with Crippen molar-refractivity contribution in [3.05, 3.63) is 94.5 Å². The minimum Gasteiger partial charge on any atom is -0.444 e. The van der Waals surface area contributed by atoms with E-state index in [4.69, 9.17) is 16.3 Å². The molecule has 10 heteroatoms. The Morgan fingerprint density at radius 2 is 1.51 bits per heavy atom. The molecule has 0 fully saturated rings. The lowest BCUT2D eigenvalue weighted by Crippen LogP contribution is -2.45. The summed E-state index contributed by atoms with van der Waals surface area (Å²) >= 11 is 6.09. The lowest BCUT2D eigenvalue weighted by molar-refractivity contribution is 0.00547. The van der Waals surface area contributed by atoms with Crippen molar-refractivity contribution in [3.63, 3.8) is 0 Å². The van der Waals surface area contributed by atoms with Gasteiger partial charge in [-0.05, 0) is 93.8 Å². The number of aliphatic hydroxyl groups excluding tert-OH is 1. The van der Waals surface area contributed by atoms with E-state index in [1.54, 1.807) is 71.3 Å². The maximum absolute atomic E-state index is 13.2. The topological polar surface area (TPSA) is 104 Å². The van der Waals surface area contributed by atoms with Crippen LogP contribution in [0.15, 0.2) is 82.6 Å². The van der Waals surface area contributed by atoms with Crippen molar-refractivity contribution < 1.29 is 27.9 Å². The number of sulfone groups is 1. The van der Waals surface area contributed by atoms with Gasteiger partial charge in [0.15, 0.2) is 0 Å². The van der Waals surface area contributed by atoms with Gasteiger partial charge in [-0.1, -0.05) is 35.9 Å². The molecule has 41 heavy (non-hydrogen) atoms. The van der Waals surface area contributed by atoms with Crippen molar-refractivity contribution in [3.8, 4) is 0 Å². The zero-order valence-corrected chi connectivity index (χ0v) is 25.7. The molecule has 0 heterocycles. The summed E-state index contributed by atoms with van der Waals surface area (Å²) in [7, 11) is -0.543. The molecule has 3 aromatic rings. The van der Waals surface area contributed by atoms with Crippen molar-refractivity contribution in [2.75, 3.05) is 20.6 Å². The summed E-state index contributed by atoms with van der Waals surface area (Å²) in [5.41, 5.74) is 1.04. The summed E-state index contributed by atoms with van der Waals surface area (Å²) in [4.78, 5) is 28.3. The molecule has 3 rings (SSSR count). The molecule has 2 amide bonds. The van der Waals surface area contributed by atoms with Crippen LogP contribution in [0.4, 0.5) is 4.79 Å². The Hall–Kier alpha value is -3.40. The molecule has 0 radical (unpaired) electrons. The SMILES string of the molecule is C[C@H](Cc1ccc(S(=O)(=O)c2ccc(C(=O)N(C)C)cc2)cc1)N(C[C@H](O)c1cccc(Cl)c1)C(=O)OC(C)(C)C. The van der Waals surface area contributed by atoms with Gasteiger partial charge in [-0.25, -0.2) is 13.2 Å². The van der Waals surface area contributed by atoms with Crippen molar-refractivity contribution in [1.82, 2.24) is 9.80 Å². The largest absolute Gasteiger partial charge is 0.444 e. The number of carbonyl (C=O) groups is 2. The molecule has 1 N–H and O–H groups in total. The number of rotatable bonds is 9. The number of ether oxygens (including phenoxy) is 1. The summed E-state index contributed by atoms with van der Waals surface area (Å²) in [6.07, 6.45) is -1.17. The second-order valence-corrected chi connectivity index (χ2v) is 13.5. The zero-order chi connectivity index (χ0) is 30.5. The highest BCUT2D eigenvalue weighted by Gasteiger charge is 2.29. The van der Waals surface area contributed by atoms with E-state index in [1.165, 1.54) is 46.2 Å². The van der Waals surface area contributed by atoms with E-state index in [0.29, 0.717) is 22.6 Å². The number of amides is 2. The quantitative estimate of drug-likeness (QED) is 0.334. The van der Waals surface area contributed by atoms with Gasteiger partial charge >= 0.3 is 6.09 Å². The first-order chi connectivity index (χ1) is 19.1. The number of hydrogen-bond acceptors (Lipinski definition) is 6. The Labute approximate surface area is 247 Å².